The molecule has 1 aliphatic heterocycles. The number of aryl methyl sites for hydroxylation is 4. The quantitative estimate of drug-likeness (QED) is 0.0927. The number of rotatable bonds is 16. The highest BCUT2D eigenvalue weighted by Gasteiger charge is 2.32. The minimum atomic E-state index is 1.16. The highest BCUT2D eigenvalue weighted by Crippen LogP contribution is 2.57. The van der Waals surface area contributed by atoms with E-state index in [0.717, 1.165) is 12.8 Å². The Morgan fingerprint density at radius 3 is 1.18 bits per heavy atom. The summed E-state index contributed by atoms with van der Waals surface area (Å²) in [6, 6.07) is 33.4. The van der Waals surface area contributed by atoms with Crippen LogP contribution in [0, 0.1) is 13.8 Å². The van der Waals surface area contributed by atoms with Gasteiger partial charge in [-0.3, -0.25) is 0 Å². The molecule has 2 aromatic heterocycles. The Labute approximate surface area is 308 Å². The largest absolute Gasteiger partial charge is 0.306 e. The fraction of sp³-hybridized carbons (Fsp3) is 0.391. The molecule has 0 aliphatic carbocycles. The van der Waals surface area contributed by atoms with Crippen LogP contribution in [-0.4, -0.2) is 0 Å². The van der Waals surface area contributed by atoms with E-state index in [1.165, 1.54) is 152 Å². The van der Waals surface area contributed by atoms with Gasteiger partial charge in [-0.15, -0.1) is 22.7 Å². The summed E-state index contributed by atoms with van der Waals surface area (Å²) in [6.45, 7) is 9.05. The van der Waals surface area contributed by atoms with E-state index in [0.29, 0.717) is 0 Å². The standard InChI is InChI=1S/C46H54N2S2/c1-5-7-9-11-13-15-17-35-19-23-39(24-20-35)47-41-29-37-27-33(3)49-45(37)31-43(41)48(44-32-46-38(30-42(44)47)28-34(4)50-46)40-25-21-36(22-26-40)18-16-14-12-10-8-6-2/h19-32H,5-18H2,1-4H3. The third-order valence-electron chi connectivity index (χ3n) is 10.5. The normalized spacial score (nSPS) is 12.6. The van der Waals surface area contributed by atoms with Crippen molar-refractivity contribution in [2.45, 2.75) is 118 Å². The number of fused-ring (bicyclic) bond motifs is 4. The van der Waals surface area contributed by atoms with Crippen molar-refractivity contribution in [2.24, 2.45) is 0 Å². The summed E-state index contributed by atoms with van der Waals surface area (Å²) in [5.41, 5.74) is 10.3. The Morgan fingerprint density at radius 1 is 0.420 bits per heavy atom. The first-order valence-electron chi connectivity index (χ1n) is 19.4. The molecule has 2 nitrogen and oxygen atoms in total. The van der Waals surface area contributed by atoms with Crippen LogP contribution < -0.4 is 9.80 Å². The molecule has 0 N–H and O–H groups in total. The lowest BCUT2D eigenvalue weighted by atomic mass is 10.0. The highest BCUT2D eigenvalue weighted by atomic mass is 32.1. The summed E-state index contributed by atoms with van der Waals surface area (Å²) in [4.78, 5) is 7.77. The molecular formula is C46H54N2S2. The van der Waals surface area contributed by atoms with E-state index in [1.807, 2.05) is 22.7 Å². The number of hydrogen-bond donors (Lipinski definition) is 0. The van der Waals surface area contributed by atoms with E-state index in [2.05, 4.69) is 122 Å². The fourth-order valence-corrected chi connectivity index (χ4v) is 9.65. The van der Waals surface area contributed by atoms with Crippen molar-refractivity contribution in [3.05, 3.63) is 106 Å². The van der Waals surface area contributed by atoms with Crippen molar-refractivity contribution in [3.63, 3.8) is 0 Å². The third-order valence-corrected chi connectivity index (χ3v) is 12.5. The van der Waals surface area contributed by atoms with Crippen molar-refractivity contribution >= 4 is 77.0 Å². The maximum atomic E-state index is 2.53. The van der Waals surface area contributed by atoms with Gasteiger partial charge in [0.1, 0.15) is 0 Å². The lowest BCUT2D eigenvalue weighted by molar-refractivity contribution is 0.607. The van der Waals surface area contributed by atoms with Gasteiger partial charge in [-0.1, -0.05) is 102 Å². The Hall–Kier alpha value is -3.60. The molecule has 0 radical (unpaired) electrons. The van der Waals surface area contributed by atoms with Crippen molar-refractivity contribution < 1.29 is 0 Å². The topological polar surface area (TPSA) is 6.48 Å². The summed E-state index contributed by atoms with van der Waals surface area (Å²) in [7, 11) is 0. The lowest BCUT2D eigenvalue weighted by Gasteiger charge is -2.40. The SMILES string of the molecule is CCCCCCCCc1ccc(N2c3cc4cc(C)sc4cc3N(c3ccc(CCCCCCCC)cc3)c3cc4sc(C)cc4cc32)cc1. The van der Waals surface area contributed by atoms with Crippen LogP contribution in [0.2, 0.25) is 0 Å². The molecule has 7 rings (SSSR count). The van der Waals surface area contributed by atoms with Gasteiger partial charge in [-0.05, 0) is 122 Å². The molecule has 0 fully saturated rings. The van der Waals surface area contributed by atoms with Crippen molar-refractivity contribution in [3.8, 4) is 0 Å². The minimum Gasteiger partial charge on any atom is -0.306 e. The molecule has 6 aromatic rings. The zero-order chi connectivity index (χ0) is 34.5. The number of anilines is 6. The van der Waals surface area contributed by atoms with E-state index < -0.39 is 0 Å². The lowest BCUT2D eigenvalue weighted by Crippen LogP contribution is -2.24. The molecule has 260 valence electrons. The predicted molar refractivity (Wildman–Crippen MR) is 224 cm³/mol. The van der Waals surface area contributed by atoms with Crippen LogP contribution in [-0.2, 0) is 12.8 Å². The second-order valence-corrected chi connectivity index (χ2v) is 17.1. The zero-order valence-electron chi connectivity index (χ0n) is 30.7. The third kappa shape index (κ3) is 7.67. The summed E-state index contributed by atoms with van der Waals surface area (Å²) >= 11 is 3.79. The van der Waals surface area contributed by atoms with Gasteiger partial charge in [0.25, 0.3) is 0 Å². The van der Waals surface area contributed by atoms with Gasteiger partial charge in [0.05, 0.1) is 22.7 Å². The first-order chi connectivity index (χ1) is 24.5. The van der Waals surface area contributed by atoms with Gasteiger partial charge in [-0.25, -0.2) is 0 Å². The van der Waals surface area contributed by atoms with Crippen LogP contribution in [0.1, 0.15) is 112 Å². The van der Waals surface area contributed by atoms with Gasteiger partial charge < -0.3 is 9.80 Å². The van der Waals surface area contributed by atoms with Gasteiger partial charge in [-0.2, -0.15) is 0 Å². The Balaban J connectivity index is 1.26. The Kier molecular flexibility index (Phi) is 11.3. The Bertz CT molecular complexity index is 1780. The van der Waals surface area contributed by atoms with E-state index in [4.69, 9.17) is 0 Å². The smallest absolute Gasteiger partial charge is 0.0717 e. The first-order valence-corrected chi connectivity index (χ1v) is 21.0. The van der Waals surface area contributed by atoms with Crippen LogP contribution in [0.15, 0.2) is 84.9 Å². The van der Waals surface area contributed by atoms with Gasteiger partial charge >= 0.3 is 0 Å². The number of thiophene rings is 2. The molecule has 0 spiro atoms. The fourth-order valence-electron chi connectivity index (χ4n) is 7.77. The molecular weight excluding hydrogens is 645 g/mol. The van der Waals surface area contributed by atoms with E-state index in [1.54, 1.807) is 0 Å². The van der Waals surface area contributed by atoms with Gasteiger partial charge in [0.15, 0.2) is 0 Å². The van der Waals surface area contributed by atoms with Crippen LogP contribution >= 0.6 is 22.7 Å². The van der Waals surface area contributed by atoms with Gasteiger partial charge in [0, 0.05) is 30.5 Å². The zero-order valence-corrected chi connectivity index (χ0v) is 32.3. The molecule has 3 heterocycles. The molecule has 50 heavy (non-hydrogen) atoms. The molecule has 0 atom stereocenters. The molecule has 0 unspecified atom stereocenters. The molecule has 0 amide bonds. The molecule has 0 bridgehead atoms. The molecule has 4 aromatic carbocycles. The van der Waals surface area contributed by atoms with Crippen molar-refractivity contribution in [2.75, 3.05) is 9.80 Å². The monoisotopic (exact) mass is 698 g/mol. The average molecular weight is 699 g/mol. The number of benzene rings is 4. The highest BCUT2D eigenvalue weighted by molar-refractivity contribution is 7.19. The Morgan fingerprint density at radius 2 is 0.780 bits per heavy atom. The summed E-state index contributed by atoms with van der Waals surface area (Å²) in [5.74, 6) is 0. The molecule has 1 aliphatic rings. The van der Waals surface area contributed by atoms with E-state index in [-0.39, 0.29) is 0 Å². The predicted octanol–water partition coefficient (Wildman–Crippen LogP) is 15.8. The maximum Gasteiger partial charge on any atom is 0.0717 e. The summed E-state index contributed by atoms with van der Waals surface area (Å²) in [6.07, 6.45) is 18.3. The van der Waals surface area contributed by atoms with Crippen LogP contribution in [0.25, 0.3) is 20.2 Å². The average Bonchev–Trinajstić information content (AvgIpc) is 3.68. The second-order valence-electron chi connectivity index (χ2n) is 14.5. The second kappa shape index (κ2) is 16.2. The van der Waals surface area contributed by atoms with Crippen LogP contribution in [0.5, 0.6) is 0 Å². The summed E-state index contributed by atoms with van der Waals surface area (Å²) in [5, 5.41) is 2.64. The van der Waals surface area contributed by atoms with Crippen LogP contribution in [0.4, 0.5) is 34.1 Å². The number of unbranched alkanes of at least 4 members (excludes halogenated alkanes) is 10. The number of nitrogens with zero attached hydrogens (tertiary/aromatic N) is 2. The molecule has 0 saturated heterocycles. The maximum absolute atomic E-state index is 2.53. The van der Waals surface area contributed by atoms with Crippen LogP contribution in [0.3, 0.4) is 0 Å². The van der Waals surface area contributed by atoms with Gasteiger partial charge in [0.2, 0.25) is 0 Å². The molecule has 0 saturated carbocycles. The van der Waals surface area contributed by atoms with E-state index in [9.17, 15) is 0 Å². The van der Waals surface area contributed by atoms with Crippen molar-refractivity contribution in [1.82, 2.24) is 0 Å². The van der Waals surface area contributed by atoms with E-state index >= 15 is 0 Å². The number of hydrogen-bond acceptors (Lipinski definition) is 4. The molecule has 4 heteroatoms. The summed E-state index contributed by atoms with van der Waals surface area (Å²) < 4.78 is 2.69. The van der Waals surface area contributed by atoms with Crippen molar-refractivity contribution in [1.29, 1.82) is 0 Å². The first kappa shape index (κ1) is 34.8. The minimum absolute atomic E-state index is 1.16.